The molecule has 0 bridgehead atoms. The fourth-order valence-electron chi connectivity index (χ4n) is 4.39. The standard InChI is InChI=1S/C24H23FN8O2/c25-17-14-30-23(33(27)8-6-26)21-19(17)16(13-29-21)22(34)24(35)32-11-9-31(10-12-32)18-5-1-3-15-4-2-7-28-20(15)18/h1-8,13-14,29H,9-12,26-27H2/b8-6-. The van der Waals surface area contributed by atoms with Gasteiger partial charge in [-0.05, 0) is 12.1 Å². The molecule has 4 aromatic rings. The number of aromatic nitrogens is 3. The molecular formula is C24H23FN8O2. The number of nitrogens with zero attached hydrogens (tertiary/aromatic N) is 5. The third-order valence-corrected chi connectivity index (χ3v) is 6.09. The Morgan fingerprint density at radius 1 is 1.11 bits per heavy atom. The van der Waals surface area contributed by atoms with Gasteiger partial charge in [-0.25, -0.2) is 15.2 Å². The van der Waals surface area contributed by atoms with Gasteiger partial charge in [0, 0.05) is 56.4 Å². The second kappa shape index (κ2) is 9.03. The van der Waals surface area contributed by atoms with Crippen LogP contribution in [0.2, 0.25) is 0 Å². The molecular weight excluding hydrogens is 451 g/mol. The number of hydrogen-bond donors (Lipinski definition) is 3. The smallest absolute Gasteiger partial charge is 0.295 e. The molecule has 1 fully saturated rings. The summed E-state index contributed by atoms with van der Waals surface area (Å²) in [6.07, 6.45) is 6.54. The fourth-order valence-corrected chi connectivity index (χ4v) is 4.39. The van der Waals surface area contributed by atoms with E-state index >= 15 is 0 Å². The highest BCUT2D eigenvalue weighted by atomic mass is 19.1. The number of amides is 1. The zero-order chi connectivity index (χ0) is 24.5. The van der Waals surface area contributed by atoms with Crippen LogP contribution in [0, 0.1) is 5.82 Å². The maximum absolute atomic E-state index is 14.7. The lowest BCUT2D eigenvalue weighted by Crippen LogP contribution is -2.50. The van der Waals surface area contributed by atoms with Crippen molar-refractivity contribution >= 4 is 45.0 Å². The van der Waals surface area contributed by atoms with E-state index in [1.807, 2.05) is 30.3 Å². The van der Waals surface area contributed by atoms with Crippen molar-refractivity contribution in [2.75, 3.05) is 36.1 Å². The van der Waals surface area contributed by atoms with Crippen LogP contribution in [0.3, 0.4) is 0 Å². The van der Waals surface area contributed by atoms with E-state index in [0.29, 0.717) is 26.2 Å². The molecule has 5 N–H and O–H groups in total. The van der Waals surface area contributed by atoms with Gasteiger partial charge in [-0.3, -0.25) is 19.6 Å². The number of hydrazine groups is 1. The summed E-state index contributed by atoms with van der Waals surface area (Å²) in [4.78, 5) is 41.1. The average molecular weight is 475 g/mol. The van der Waals surface area contributed by atoms with Gasteiger partial charge >= 0.3 is 0 Å². The molecule has 4 heterocycles. The van der Waals surface area contributed by atoms with E-state index in [1.54, 1.807) is 6.20 Å². The highest BCUT2D eigenvalue weighted by molar-refractivity contribution is 6.45. The van der Waals surface area contributed by atoms with Gasteiger partial charge in [0.1, 0.15) is 0 Å². The summed E-state index contributed by atoms with van der Waals surface area (Å²) >= 11 is 0. The first kappa shape index (κ1) is 22.3. The number of aromatic amines is 1. The number of piperazine rings is 1. The number of carbonyl (C=O) groups is 2. The van der Waals surface area contributed by atoms with E-state index in [0.717, 1.165) is 27.8 Å². The second-order valence-corrected chi connectivity index (χ2v) is 8.09. The average Bonchev–Trinajstić information content (AvgIpc) is 3.34. The molecule has 11 heteroatoms. The fraction of sp³-hybridized carbons (Fsp3) is 0.167. The molecule has 1 aromatic carbocycles. The molecule has 3 aromatic heterocycles. The third-order valence-electron chi connectivity index (χ3n) is 6.09. The Hall–Kier alpha value is -4.51. The summed E-state index contributed by atoms with van der Waals surface area (Å²) in [6.45, 7) is 1.78. The normalized spacial score (nSPS) is 14.2. The predicted octanol–water partition coefficient (Wildman–Crippen LogP) is 1.89. The van der Waals surface area contributed by atoms with Crippen LogP contribution in [0.4, 0.5) is 15.9 Å². The van der Waals surface area contributed by atoms with Crippen LogP contribution in [-0.2, 0) is 4.79 Å². The number of halogens is 1. The molecule has 35 heavy (non-hydrogen) atoms. The Morgan fingerprint density at radius 3 is 2.66 bits per heavy atom. The number of H-pyrrole nitrogens is 1. The lowest BCUT2D eigenvalue weighted by atomic mass is 10.1. The van der Waals surface area contributed by atoms with Gasteiger partial charge in [-0.15, -0.1) is 0 Å². The van der Waals surface area contributed by atoms with Crippen molar-refractivity contribution in [3.63, 3.8) is 0 Å². The van der Waals surface area contributed by atoms with Crippen LogP contribution in [0.15, 0.2) is 61.3 Å². The number of nitrogens with one attached hydrogen (secondary N) is 1. The molecule has 0 saturated carbocycles. The molecule has 178 valence electrons. The van der Waals surface area contributed by atoms with Gasteiger partial charge in [0.05, 0.1) is 33.9 Å². The van der Waals surface area contributed by atoms with Gasteiger partial charge in [0.2, 0.25) is 0 Å². The molecule has 0 unspecified atom stereocenters. The molecule has 0 spiro atoms. The molecule has 0 aliphatic carbocycles. The van der Waals surface area contributed by atoms with Gasteiger partial charge in [0.15, 0.2) is 11.6 Å². The van der Waals surface area contributed by atoms with Crippen LogP contribution < -0.4 is 21.5 Å². The summed E-state index contributed by atoms with van der Waals surface area (Å²) in [5, 5.41) is 2.08. The van der Waals surface area contributed by atoms with Crippen molar-refractivity contribution in [1.82, 2.24) is 19.9 Å². The van der Waals surface area contributed by atoms with Crippen molar-refractivity contribution in [3.05, 3.63) is 72.7 Å². The first-order valence-corrected chi connectivity index (χ1v) is 11.0. The topological polar surface area (TPSA) is 137 Å². The van der Waals surface area contributed by atoms with Crippen molar-refractivity contribution in [1.29, 1.82) is 0 Å². The monoisotopic (exact) mass is 474 g/mol. The molecule has 1 saturated heterocycles. The number of nitrogens with two attached hydrogens (primary N) is 2. The second-order valence-electron chi connectivity index (χ2n) is 8.09. The number of fused-ring (bicyclic) bond motifs is 2. The summed E-state index contributed by atoms with van der Waals surface area (Å²) < 4.78 is 14.7. The van der Waals surface area contributed by atoms with Crippen molar-refractivity contribution in [2.24, 2.45) is 11.6 Å². The molecule has 10 nitrogen and oxygen atoms in total. The Morgan fingerprint density at radius 2 is 1.89 bits per heavy atom. The lowest BCUT2D eigenvalue weighted by molar-refractivity contribution is -0.126. The predicted molar refractivity (Wildman–Crippen MR) is 131 cm³/mol. The zero-order valence-corrected chi connectivity index (χ0v) is 18.7. The summed E-state index contributed by atoms with van der Waals surface area (Å²) in [5.41, 5.74) is 7.36. The van der Waals surface area contributed by atoms with E-state index < -0.39 is 17.5 Å². The van der Waals surface area contributed by atoms with E-state index in [1.165, 1.54) is 23.5 Å². The Labute approximate surface area is 199 Å². The van der Waals surface area contributed by atoms with Crippen LogP contribution in [0.5, 0.6) is 0 Å². The van der Waals surface area contributed by atoms with Gasteiger partial charge in [-0.2, -0.15) is 0 Å². The maximum Gasteiger partial charge on any atom is 0.295 e. The van der Waals surface area contributed by atoms with Crippen LogP contribution in [0.25, 0.3) is 21.8 Å². The van der Waals surface area contributed by atoms with Crippen LogP contribution in [-0.4, -0.2) is 57.7 Å². The number of Topliss-reactive ketones (excluding diaryl/α,β-unsaturated/α-hetero) is 1. The van der Waals surface area contributed by atoms with Crippen molar-refractivity contribution in [3.8, 4) is 0 Å². The van der Waals surface area contributed by atoms with Gasteiger partial charge in [0.25, 0.3) is 11.7 Å². The maximum atomic E-state index is 14.7. The van der Waals surface area contributed by atoms with Crippen molar-refractivity contribution in [2.45, 2.75) is 0 Å². The summed E-state index contributed by atoms with van der Waals surface area (Å²) in [5.74, 6) is 3.80. The van der Waals surface area contributed by atoms with E-state index in [-0.39, 0.29) is 22.3 Å². The molecule has 0 radical (unpaired) electrons. The number of benzene rings is 1. The van der Waals surface area contributed by atoms with E-state index in [4.69, 9.17) is 11.6 Å². The van der Waals surface area contributed by atoms with Crippen LogP contribution in [0.1, 0.15) is 10.4 Å². The molecule has 5 rings (SSSR count). The Kier molecular flexibility index (Phi) is 5.75. The lowest BCUT2D eigenvalue weighted by Gasteiger charge is -2.36. The van der Waals surface area contributed by atoms with Gasteiger partial charge < -0.3 is 20.5 Å². The van der Waals surface area contributed by atoms with Crippen LogP contribution >= 0.6 is 0 Å². The largest absolute Gasteiger partial charge is 0.403 e. The molecule has 1 aliphatic heterocycles. The highest BCUT2D eigenvalue weighted by Crippen LogP contribution is 2.29. The number of anilines is 2. The number of pyridine rings is 2. The summed E-state index contributed by atoms with van der Waals surface area (Å²) in [6, 6.07) is 9.87. The molecule has 1 aliphatic rings. The minimum absolute atomic E-state index is 0.0466. The van der Waals surface area contributed by atoms with E-state index in [2.05, 4.69) is 19.9 Å². The molecule has 1 amide bonds. The first-order valence-electron chi connectivity index (χ1n) is 11.0. The Bertz CT molecular complexity index is 1450. The summed E-state index contributed by atoms with van der Waals surface area (Å²) in [7, 11) is 0. The molecule has 0 atom stereocenters. The SMILES string of the molecule is N/C=C\N(N)c1ncc(F)c2c(C(=O)C(=O)N3CCN(c4cccc5cccnc45)CC3)c[nH]c12. The number of para-hydroxylation sites is 1. The first-order chi connectivity index (χ1) is 17.0. The zero-order valence-electron chi connectivity index (χ0n) is 18.7. The minimum Gasteiger partial charge on any atom is -0.403 e. The minimum atomic E-state index is -0.800. The number of hydrogen-bond acceptors (Lipinski definition) is 8. The highest BCUT2D eigenvalue weighted by Gasteiger charge is 2.30. The number of ketones is 1. The van der Waals surface area contributed by atoms with Gasteiger partial charge in [-0.1, -0.05) is 18.2 Å². The van der Waals surface area contributed by atoms with Crippen molar-refractivity contribution < 1.29 is 14.0 Å². The third kappa shape index (κ3) is 3.91. The van der Waals surface area contributed by atoms with E-state index in [9.17, 15) is 14.0 Å². The number of carbonyl (C=O) groups excluding carboxylic acids is 2. The Balaban J connectivity index is 1.35. The number of rotatable bonds is 5. The quantitative estimate of drug-likeness (QED) is 0.173.